The fraction of sp³-hybridized carbons (Fsp3) is 0.167. The Balaban J connectivity index is 2.39. The summed E-state index contributed by atoms with van der Waals surface area (Å²) in [5, 5.41) is 7.33. The number of rotatable bonds is 3. The van der Waals surface area contributed by atoms with Gasteiger partial charge in [-0.25, -0.2) is 0 Å². The van der Waals surface area contributed by atoms with Crippen molar-refractivity contribution in [1.82, 2.24) is 9.55 Å². The van der Waals surface area contributed by atoms with E-state index in [4.69, 9.17) is 23.4 Å². The van der Waals surface area contributed by atoms with Gasteiger partial charge in [0.1, 0.15) is 5.84 Å². The number of aromatic nitrogens is 2. The Morgan fingerprint density at radius 1 is 1.41 bits per heavy atom. The van der Waals surface area contributed by atoms with Gasteiger partial charge in [-0.3, -0.25) is 5.41 Å². The van der Waals surface area contributed by atoms with Gasteiger partial charge in [0.15, 0.2) is 4.77 Å². The molecule has 0 saturated heterocycles. The molecule has 0 bridgehead atoms. The molecule has 4 N–H and O–H groups in total. The molecule has 0 atom stereocenters. The molecule has 0 fully saturated rings. The highest BCUT2D eigenvalue weighted by Gasteiger charge is 2.03. The Morgan fingerprint density at radius 2 is 2.06 bits per heavy atom. The quantitative estimate of drug-likeness (QED) is 0.442. The van der Waals surface area contributed by atoms with Crippen molar-refractivity contribution in [2.24, 2.45) is 5.73 Å². The van der Waals surface area contributed by atoms with Gasteiger partial charge in [-0.15, -0.1) is 0 Å². The van der Waals surface area contributed by atoms with Gasteiger partial charge in [0.2, 0.25) is 0 Å². The van der Waals surface area contributed by atoms with Crippen LogP contribution in [0.1, 0.15) is 12.5 Å². The largest absolute Gasteiger partial charge is 0.384 e. The maximum absolute atomic E-state index is 7.33. The van der Waals surface area contributed by atoms with Gasteiger partial charge in [0.05, 0.1) is 5.69 Å². The average molecular weight is 246 g/mol. The molecule has 4 nitrogen and oxygen atoms in total. The normalized spacial score (nSPS) is 10.4. The van der Waals surface area contributed by atoms with Crippen LogP contribution in [0.3, 0.4) is 0 Å². The van der Waals surface area contributed by atoms with Crippen molar-refractivity contribution < 1.29 is 0 Å². The van der Waals surface area contributed by atoms with E-state index in [1.165, 1.54) is 0 Å². The number of nitrogen functional groups attached to an aromatic ring is 1. The lowest BCUT2D eigenvalue weighted by atomic mass is 10.1. The van der Waals surface area contributed by atoms with Crippen LogP contribution in [0.2, 0.25) is 0 Å². The minimum Gasteiger partial charge on any atom is -0.384 e. The van der Waals surface area contributed by atoms with Gasteiger partial charge < -0.3 is 15.3 Å². The molecule has 0 amide bonds. The lowest BCUT2D eigenvalue weighted by Crippen LogP contribution is -2.10. The molecular weight excluding hydrogens is 232 g/mol. The molecule has 0 saturated carbocycles. The van der Waals surface area contributed by atoms with Crippen LogP contribution in [0.4, 0.5) is 0 Å². The zero-order valence-electron chi connectivity index (χ0n) is 9.53. The molecule has 2 aromatic rings. The molecule has 0 aliphatic carbocycles. The number of nitrogens with one attached hydrogen (secondary N) is 2. The maximum Gasteiger partial charge on any atom is 0.177 e. The van der Waals surface area contributed by atoms with Crippen molar-refractivity contribution in [3.63, 3.8) is 0 Å². The highest BCUT2D eigenvalue weighted by atomic mass is 32.1. The first-order valence-corrected chi connectivity index (χ1v) is 5.77. The summed E-state index contributed by atoms with van der Waals surface area (Å²) in [5.74, 6) is 0.0793. The summed E-state index contributed by atoms with van der Waals surface area (Å²) in [4.78, 5) is 3.15. The number of aromatic amines is 1. The number of nitrogens with zero attached hydrogens (tertiary/aromatic N) is 1. The first-order chi connectivity index (χ1) is 8.11. The summed E-state index contributed by atoms with van der Waals surface area (Å²) in [5.41, 5.74) is 8.15. The van der Waals surface area contributed by atoms with Crippen molar-refractivity contribution in [3.05, 3.63) is 40.8 Å². The summed E-state index contributed by atoms with van der Waals surface area (Å²) < 4.78 is 2.70. The third-order valence-corrected chi connectivity index (χ3v) is 2.97. The average Bonchev–Trinajstić information content (AvgIpc) is 2.70. The van der Waals surface area contributed by atoms with Crippen LogP contribution in [0.15, 0.2) is 30.5 Å². The Bertz CT molecular complexity index is 592. The van der Waals surface area contributed by atoms with Crippen LogP contribution < -0.4 is 5.73 Å². The summed E-state index contributed by atoms with van der Waals surface area (Å²) in [6.07, 6.45) is 1.99. The Morgan fingerprint density at radius 3 is 2.53 bits per heavy atom. The Labute approximate surface area is 105 Å². The second-order valence-electron chi connectivity index (χ2n) is 3.75. The molecule has 5 heteroatoms. The zero-order valence-corrected chi connectivity index (χ0v) is 10.3. The standard InChI is InChI=1S/C12H14N4S/c1-2-16-7-10(15-12(16)17)8-3-5-9(6-4-8)11(13)14/h3-7H,2H2,1H3,(H3,13,14)(H,15,17). The molecule has 2 rings (SSSR count). The van der Waals surface area contributed by atoms with Crippen molar-refractivity contribution in [3.8, 4) is 11.3 Å². The predicted octanol–water partition coefficient (Wildman–Crippen LogP) is 2.52. The van der Waals surface area contributed by atoms with Gasteiger partial charge in [0.25, 0.3) is 0 Å². The Hall–Kier alpha value is -1.88. The minimum atomic E-state index is 0.0793. The number of nitrogens with two attached hydrogens (primary N) is 1. The van der Waals surface area contributed by atoms with Gasteiger partial charge in [0, 0.05) is 18.3 Å². The van der Waals surface area contributed by atoms with Gasteiger partial charge in [-0.2, -0.15) is 0 Å². The second kappa shape index (κ2) is 4.55. The molecular formula is C12H14N4S. The van der Waals surface area contributed by atoms with E-state index in [0.717, 1.165) is 28.1 Å². The van der Waals surface area contributed by atoms with Crippen molar-refractivity contribution in [2.45, 2.75) is 13.5 Å². The Kier molecular flexibility index (Phi) is 3.10. The monoisotopic (exact) mass is 246 g/mol. The lowest BCUT2D eigenvalue weighted by molar-refractivity contribution is 0.750. The molecule has 0 aliphatic heterocycles. The van der Waals surface area contributed by atoms with Crippen LogP contribution in [-0.2, 0) is 6.54 Å². The lowest BCUT2D eigenvalue weighted by Gasteiger charge is -2.00. The maximum atomic E-state index is 7.33. The van der Waals surface area contributed by atoms with Crippen LogP contribution >= 0.6 is 12.2 Å². The smallest absolute Gasteiger partial charge is 0.177 e. The van der Waals surface area contributed by atoms with Crippen molar-refractivity contribution >= 4 is 18.1 Å². The highest BCUT2D eigenvalue weighted by molar-refractivity contribution is 7.71. The third-order valence-electron chi connectivity index (χ3n) is 2.63. The topological polar surface area (TPSA) is 70.6 Å². The van der Waals surface area contributed by atoms with Crippen LogP contribution in [0, 0.1) is 10.2 Å². The van der Waals surface area contributed by atoms with E-state index < -0.39 is 0 Å². The van der Waals surface area contributed by atoms with E-state index in [1.807, 2.05) is 42.0 Å². The second-order valence-corrected chi connectivity index (χ2v) is 4.14. The first-order valence-electron chi connectivity index (χ1n) is 5.36. The van der Waals surface area contributed by atoms with Crippen LogP contribution in [-0.4, -0.2) is 15.4 Å². The molecule has 1 aromatic heterocycles. The number of benzene rings is 1. The number of H-pyrrole nitrogens is 1. The fourth-order valence-electron chi connectivity index (χ4n) is 1.64. The number of aryl methyl sites for hydroxylation is 1. The van der Waals surface area contributed by atoms with E-state index in [2.05, 4.69) is 4.98 Å². The fourth-order valence-corrected chi connectivity index (χ4v) is 1.94. The summed E-state index contributed by atoms with van der Waals surface area (Å²) in [6, 6.07) is 7.52. The van der Waals surface area contributed by atoms with Gasteiger partial charge >= 0.3 is 0 Å². The zero-order chi connectivity index (χ0) is 12.4. The van der Waals surface area contributed by atoms with Gasteiger partial charge in [-0.05, 0) is 24.7 Å². The van der Waals surface area contributed by atoms with E-state index in [-0.39, 0.29) is 5.84 Å². The molecule has 0 radical (unpaired) electrons. The summed E-state index contributed by atoms with van der Waals surface area (Å²) >= 11 is 5.19. The summed E-state index contributed by atoms with van der Waals surface area (Å²) in [7, 11) is 0. The van der Waals surface area contributed by atoms with Crippen LogP contribution in [0.25, 0.3) is 11.3 Å². The van der Waals surface area contributed by atoms with Crippen molar-refractivity contribution in [2.75, 3.05) is 0 Å². The number of hydrogen-bond acceptors (Lipinski definition) is 2. The number of imidazole rings is 1. The molecule has 17 heavy (non-hydrogen) atoms. The van der Waals surface area contributed by atoms with E-state index in [0.29, 0.717) is 0 Å². The molecule has 1 aromatic carbocycles. The molecule has 1 heterocycles. The minimum absolute atomic E-state index is 0.0793. The van der Waals surface area contributed by atoms with E-state index >= 15 is 0 Å². The third kappa shape index (κ3) is 2.29. The highest BCUT2D eigenvalue weighted by Crippen LogP contribution is 2.18. The first kappa shape index (κ1) is 11.6. The van der Waals surface area contributed by atoms with Crippen LogP contribution in [0.5, 0.6) is 0 Å². The molecule has 0 aliphatic rings. The van der Waals surface area contributed by atoms with Crippen molar-refractivity contribution in [1.29, 1.82) is 5.41 Å². The molecule has 0 spiro atoms. The SMILES string of the molecule is CCn1cc(-c2ccc(C(=N)N)cc2)[nH]c1=S. The number of hydrogen-bond donors (Lipinski definition) is 3. The number of amidine groups is 1. The molecule has 88 valence electrons. The van der Waals surface area contributed by atoms with E-state index in [9.17, 15) is 0 Å². The van der Waals surface area contributed by atoms with E-state index in [1.54, 1.807) is 0 Å². The van der Waals surface area contributed by atoms with Gasteiger partial charge in [-0.1, -0.05) is 24.3 Å². The summed E-state index contributed by atoms with van der Waals surface area (Å²) in [6.45, 7) is 2.90. The molecule has 0 unspecified atom stereocenters. The predicted molar refractivity (Wildman–Crippen MR) is 71.7 cm³/mol.